The van der Waals surface area contributed by atoms with E-state index in [2.05, 4.69) is 0 Å². The lowest BCUT2D eigenvalue weighted by Crippen LogP contribution is -2.00. The van der Waals surface area contributed by atoms with Crippen molar-refractivity contribution in [2.45, 2.75) is 0 Å². The normalized spacial score (nSPS) is 16.5. The van der Waals surface area contributed by atoms with E-state index in [-0.39, 0.29) is 35.1 Å². The topological polar surface area (TPSA) is 61.8 Å². The molecule has 0 amide bonds. The molecule has 2 aromatic carbocycles. The quantitative estimate of drug-likeness (QED) is 0.756. The molecule has 0 N–H and O–H groups in total. The second-order valence-electron chi connectivity index (χ2n) is 4.88. The Balaban J connectivity index is 1.75. The van der Waals surface area contributed by atoms with Gasteiger partial charge in [-0.15, -0.1) is 0 Å². The van der Waals surface area contributed by atoms with E-state index < -0.39 is 0 Å². The number of rotatable bonds is 1. The van der Waals surface area contributed by atoms with Crippen LogP contribution in [0.2, 0.25) is 0 Å². The van der Waals surface area contributed by atoms with Gasteiger partial charge in [0.05, 0.1) is 5.56 Å². The van der Waals surface area contributed by atoms with Crippen LogP contribution in [0.1, 0.15) is 15.9 Å². The van der Waals surface area contributed by atoms with Crippen molar-refractivity contribution in [2.75, 3.05) is 6.79 Å². The summed E-state index contributed by atoms with van der Waals surface area (Å²) in [5, 5.41) is 0. The summed E-state index contributed by atoms with van der Waals surface area (Å²) in [6.45, 7) is 0.187. The highest BCUT2D eigenvalue weighted by Crippen LogP contribution is 2.34. The van der Waals surface area contributed by atoms with Crippen LogP contribution < -0.4 is 19.6 Å². The van der Waals surface area contributed by atoms with Gasteiger partial charge in [-0.3, -0.25) is 9.59 Å². The second-order valence-corrected chi connectivity index (χ2v) is 4.88. The second kappa shape index (κ2) is 4.73. The van der Waals surface area contributed by atoms with Crippen molar-refractivity contribution in [1.29, 1.82) is 0 Å². The van der Waals surface area contributed by atoms with Gasteiger partial charge in [0, 0.05) is 0 Å². The van der Waals surface area contributed by atoms with Crippen molar-refractivity contribution in [3.05, 3.63) is 69.6 Å². The molecule has 22 heavy (non-hydrogen) atoms. The molecule has 0 saturated carbocycles. The summed E-state index contributed by atoms with van der Waals surface area (Å²) < 4.78 is 16.0. The number of allylic oxidation sites excluding steroid dienone is 1. The Labute approximate surface area is 125 Å². The van der Waals surface area contributed by atoms with Gasteiger partial charge in [-0.25, -0.2) is 0 Å². The van der Waals surface area contributed by atoms with Gasteiger partial charge in [0.2, 0.25) is 18.0 Å². The number of carbonyl (C=O) groups excluding carboxylic acids is 1. The van der Waals surface area contributed by atoms with E-state index in [4.69, 9.17) is 14.2 Å². The first-order valence-corrected chi connectivity index (χ1v) is 6.69. The molecular weight excluding hydrogens is 284 g/mol. The monoisotopic (exact) mass is 294 g/mol. The largest absolute Gasteiger partial charge is 0.454 e. The van der Waals surface area contributed by atoms with Crippen LogP contribution in [0.25, 0.3) is 6.08 Å². The standard InChI is InChI=1S/C17H10O5/c18-12-4-2-1-3-11-16(19)15(22-17(11)12)8-10-5-6-13-14(7-10)21-9-20-13/h1-8H,9H2/b15-8-. The number of ketones is 1. The third-order valence-electron chi connectivity index (χ3n) is 3.46. The molecule has 2 heterocycles. The molecule has 2 aliphatic rings. The van der Waals surface area contributed by atoms with Crippen LogP contribution in [0.5, 0.6) is 17.2 Å². The Kier molecular flexibility index (Phi) is 2.72. The molecule has 0 aliphatic carbocycles. The van der Waals surface area contributed by atoms with Gasteiger partial charge in [-0.05, 0) is 35.9 Å². The van der Waals surface area contributed by atoms with Gasteiger partial charge in [-0.2, -0.15) is 0 Å². The lowest BCUT2D eigenvalue weighted by atomic mass is 10.1. The Morgan fingerprint density at radius 3 is 2.68 bits per heavy atom. The molecule has 108 valence electrons. The molecule has 0 aromatic heterocycles. The zero-order chi connectivity index (χ0) is 15.1. The van der Waals surface area contributed by atoms with E-state index in [1.54, 1.807) is 42.5 Å². The number of fused-ring (bicyclic) bond motifs is 2. The molecule has 0 unspecified atom stereocenters. The van der Waals surface area contributed by atoms with E-state index >= 15 is 0 Å². The minimum absolute atomic E-state index is 0.0713. The van der Waals surface area contributed by atoms with Gasteiger partial charge in [-0.1, -0.05) is 18.2 Å². The van der Waals surface area contributed by atoms with E-state index in [9.17, 15) is 9.59 Å². The van der Waals surface area contributed by atoms with Gasteiger partial charge >= 0.3 is 0 Å². The summed E-state index contributed by atoms with van der Waals surface area (Å²) in [4.78, 5) is 24.2. The average molecular weight is 294 g/mol. The summed E-state index contributed by atoms with van der Waals surface area (Å²) in [6, 6.07) is 11.5. The molecule has 0 fully saturated rings. The molecule has 0 bridgehead atoms. The molecule has 2 aromatic rings. The summed E-state index contributed by atoms with van der Waals surface area (Å²) in [5.74, 6) is 1.17. The summed E-state index contributed by atoms with van der Waals surface area (Å²) in [7, 11) is 0. The first-order valence-electron chi connectivity index (χ1n) is 6.69. The van der Waals surface area contributed by atoms with Crippen LogP contribution >= 0.6 is 0 Å². The summed E-state index contributed by atoms with van der Waals surface area (Å²) in [6.07, 6.45) is 1.59. The van der Waals surface area contributed by atoms with Crippen LogP contribution in [-0.2, 0) is 0 Å². The predicted octanol–water partition coefficient (Wildman–Crippen LogP) is 2.39. The third kappa shape index (κ3) is 1.95. The summed E-state index contributed by atoms with van der Waals surface area (Å²) in [5.41, 5.74) is 0.696. The van der Waals surface area contributed by atoms with Gasteiger partial charge < -0.3 is 14.2 Å². The lowest BCUT2D eigenvalue weighted by Gasteiger charge is -2.00. The van der Waals surface area contributed by atoms with Crippen LogP contribution in [0.15, 0.2) is 53.0 Å². The maximum Gasteiger partial charge on any atom is 0.232 e. The van der Waals surface area contributed by atoms with Crippen molar-refractivity contribution < 1.29 is 19.0 Å². The Bertz CT molecular complexity index is 882. The first-order chi connectivity index (χ1) is 10.7. The van der Waals surface area contributed by atoms with E-state index in [0.717, 1.165) is 5.56 Å². The molecular formula is C17H10O5. The van der Waals surface area contributed by atoms with Gasteiger partial charge in [0.15, 0.2) is 23.0 Å². The van der Waals surface area contributed by atoms with Crippen molar-refractivity contribution in [1.82, 2.24) is 0 Å². The minimum Gasteiger partial charge on any atom is -0.454 e. The molecule has 0 saturated heterocycles. The van der Waals surface area contributed by atoms with Gasteiger partial charge in [0.1, 0.15) is 0 Å². The summed E-state index contributed by atoms with van der Waals surface area (Å²) >= 11 is 0. The highest BCUT2D eigenvalue weighted by Gasteiger charge is 2.28. The smallest absolute Gasteiger partial charge is 0.232 e. The van der Waals surface area contributed by atoms with Crippen LogP contribution in [0.4, 0.5) is 0 Å². The molecule has 0 radical (unpaired) electrons. The maximum absolute atomic E-state index is 12.3. The van der Waals surface area contributed by atoms with E-state index in [1.165, 1.54) is 6.07 Å². The molecule has 5 heteroatoms. The van der Waals surface area contributed by atoms with Crippen LogP contribution in [-0.4, -0.2) is 12.6 Å². The molecule has 4 rings (SSSR count). The third-order valence-corrected chi connectivity index (χ3v) is 3.46. The Hall–Kier alpha value is -3.08. The fourth-order valence-corrected chi connectivity index (χ4v) is 2.40. The first kappa shape index (κ1) is 12.6. The van der Waals surface area contributed by atoms with E-state index in [1.807, 2.05) is 0 Å². The zero-order valence-corrected chi connectivity index (χ0v) is 11.4. The number of hydrogen-bond acceptors (Lipinski definition) is 5. The minimum atomic E-state index is -0.317. The molecule has 2 aliphatic heterocycles. The molecule has 0 atom stereocenters. The van der Waals surface area contributed by atoms with E-state index in [0.29, 0.717) is 11.5 Å². The number of carbonyl (C=O) groups is 1. The predicted molar refractivity (Wildman–Crippen MR) is 78.2 cm³/mol. The number of Topliss-reactive ketones (excluding diaryl/α,β-unsaturated/α-hetero) is 1. The lowest BCUT2D eigenvalue weighted by molar-refractivity contribution is 0.101. The highest BCUT2D eigenvalue weighted by molar-refractivity contribution is 6.14. The van der Waals surface area contributed by atoms with Gasteiger partial charge in [0.25, 0.3) is 0 Å². The number of ether oxygens (including phenoxy) is 3. The van der Waals surface area contributed by atoms with Crippen molar-refractivity contribution >= 4 is 11.9 Å². The fraction of sp³-hybridized carbons (Fsp3) is 0.0588. The zero-order valence-electron chi connectivity index (χ0n) is 11.4. The number of benzene rings is 1. The SMILES string of the molecule is O=C1/C(=C/c2ccc3c(c2)OCO3)Oc2c1ccccc2=O. The fourth-order valence-electron chi connectivity index (χ4n) is 2.40. The van der Waals surface area contributed by atoms with Crippen molar-refractivity contribution in [3.8, 4) is 17.2 Å². The molecule has 0 spiro atoms. The molecule has 5 nitrogen and oxygen atoms in total. The van der Waals surface area contributed by atoms with Crippen LogP contribution in [0, 0.1) is 0 Å². The Morgan fingerprint density at radius 1 is 0.955 bits per heavy atom. The van der Waals surface area contributed by atoms with Crippen molar-refractivity contribution in [3.63, 3.8) is 0 Å². The van der Waals surface area contributed by atoms with Crippen molar-refractivity contribution in [2.24, 2.45) is 0 Å². The number of hydrogen-bond donors (Lipinski definition) is 0. The average Bonchev–Trinajstić information content (AvgIpc) is 3.04. The van der Waals surface area contributed by atoms with Crippen LogP contribution in [0.3, 0.4) is 0 Å². The highest BCUT2D eigenvalue weighted by atomic mass is 16.7. The maximum atomic E-state index is 12.3. The Morgan fingerprint density at radius 2 is 1.77 bits per heavy atom.